The van der Waals surface area contributed by atoms with Crippen LogP contribution >= 0.6 is 23.1 Å². The largest absolute Gasteiger partial charge is 0.299 e. The van der Waals surface area contributed by atoms with Gasteiger partial charge in [-0.15, -0.1) is 11.3 Å². The Kier molecular flexibility index (Phi) is 4.32. The first-order valence-corrected chi connectivity index (χ1v) is 5.98. The summed E-state index contributed by atoms with van der Waals surface area (Å²) in [5.41, 5.74) is 1.76. The van der Waals surface area contributed by atoms with Crippen molar-refractivity contribution in [2.45, 2.75) is 12.8 Å². The highest BCUT2D eigenvalue weighted by Crippen LogP contribution is 2.08. The summed E-state index contributed by atoms with van der Waals surface area (Å²) in [5.74, 6) is 1.24. The number of thiazole rings is 1. The zero-order valence-corrected chi connectivity index (χ0v) is 8.58. The van der Waals surface area contributed by atoms with Crippen LogP contribution in [0.25, 0.3) is 0 Å². The van der Waals surface area contributed by atoms with Gasteiger partial charge in [0.05, 0.1) is 5.51 Å². The average Bonchev–Trinajstić information content (AvgIpc) is 2.53. The quantitative estimate of drug-likeness (QED) is 0.730. The second kappa shape index (κ2) is 5.32. The van der Waals surface area contributed by atoms with Crippen LogP contribution in [0.4, 0.5) is 0 Å². The minimum atomic E-state index is 0.314. The van der Waals surface area contributed by atoms with E-state index in [0.717, 1.165) is 10.6 Å². The maximum absolute atomic E-state index is 11.2. The van der Waals surface area contributed by atoms with Gasteiger partial charge in [-0.1, -0.05) is 0 Å². The van der Waals surface area contributed by atoms with Gasteiger partial charge in [0.2, 0.25) is 0 Å². The van der Waals surface area contributed by atoms with Crippen LogP contribution in [0.1, 0.15) is 11.3 Å². The SMILES string of the molecule is CSCCC(=O)Cc1cncs1. The number of hydrogen-bond acceptors (Lipinski definition) is 4. The van der Waals surface area contributed by atoms with Gasteiger partial charge in [0.25, 0.3) is 0 Å². The molecule has 1 aromatic rings. The molecule has 1 rings (SSSR count). The molecular weight excluding hydrogens is 190 g/mol. The van der Waals surface area contributed by atoms with Gasteiger partial charge in [-0.05, 0) is 12.0 Å². The molecule has 0 bridgehead atoms. The number of ketones is 1. The summed E-state index contributed by atoms with van der Waals surface area (Å²) in [5, 5.41) is 0. The Bertz CT molecular complexity index is 233. The molecule has 0 amide bonds. The Balaban J connectivity index is 2.27. The van der Waals surface area contributed by atoms with Crippen LogP contribution in [0.3, 0.4) is 0 Å². The third kappa shape index (κ3) is 3.36. The van der Waals surface area contributed by atoms with Crippen molar-refractivity contribution in [2.75, 3.05) is 12.0 Å². The van der Waals surface area contributed by atoms with Crippen molar-refractivity contribution >= 4 is 28.9 Å². The predicted octanol–water partition coefficient (Wildman–Crippen LogP) is 2.01. The van der Waals surface area contributed by atoms with E-state index in [4.69, 9.17) is 0 Å². The van der Waals surface area contributed by atoms with Crippen molar-refractivity contribution in [2.24, 2.45) is 0 Å². The smallest absolute Gasteiger partial charge is 0.138 e. The molecule has 0 aliphatic carbocycles. The number of carbonyl (C=O) groups is 1. The van der Waals surface area contributed by atoms with Gasteiger partial charge in [0, 0.05) is 23.9 Å². The summed E-state index contributed by atoms with van der Waals surface area (Å²) >= 11 is 3.26. The molecule has 0 fully saturated rings. The van der Waals surface area contributed by atoms with Crippen LogP contribution in [0.15, 0.2) is 11.7 Å². The van der Waals surface area contributed by atoms with Gasteiger partial charge in [-0.25, -0.2) is 0 Å². The highest BCUT2D eigenvalue weighted by molar-refractivity contribution is 7.98. The monoisotopic (exact) mass is 201 g/mol. The number of nitrogens with zero attached hydrogens (tertiary/aromatic N) is 1. The van der Waals surface area contributed by atoms with Gasteiger partial charge >= 0.3 is 0 Å². The van der Waals surface area contributed by atoms with E-state index in [1.54, 1.807) is 34.8 Å². The fourth-order valence-electron chi connectivity index (χ4n) is 0.828. The summed E-state index contributed by atoms with van der Waals surface area (Å²) in [6, 6.07) is 0. The molecule has 0 atom stereocenters. The van der Waals surface area contributed by atoms with Gasteiger partial charge < -0.3 is 0 Å². The summed E-state index contributed by atoms with van der Waals surface area (Å²) in [6.07, 6.45) is 5.02. The average molecular weight is 201 g/mol. The van der Waals surface area contributed by atoms with E-state index in [2.05, 4.69) is 4.98 Å². The predicted molar refractivity (Wildman–Crippen MR) is 53.8 cm³/mol. The molecule has 0 saturated heterocycles. The maximum Gasteiger partial charge on any atom is 0.138 e. The van der Waals surface area contributed by atoms with Crippen LogP contribution in [0.2, 0.25) is 0 Å². The van der Waals surface area contributed by atoms with Crippen molar-refractivity contribution in [1.82, 2.24) is 4.98 Å². The molecule has 0 N–H and O–H groups in total. The van der Waals surface area contributed by atoms with Gasteiger partial charge in [0.15, 0.2) is 0 Å². The van der Waals surface area contributed by atoms with E-state index in [-0.39, 0.29) is 0 Å². The van der Waals surface area contributed by atoms with E-state index < -0.39 is 0 Å². The van der Waals surface area contributed by atoms with Gasteiger partial charge in [0.1, 0.15) is 5.78 Å². The van der Waals surface area contributed by atoms with Crippen molar-refractivity contribution in [3.05, 3.63) is 16.6 Å². The van der Waals surface area contributed by atoms with Crippen molar-refractivity contribution < 1.29 is 4.79 Å². The lowest BCUT2D eigenvalue weighted by atomic mass is 10.2. The molecule has 0 saturated carbocycles. The second-order valence-electron chi connectivity index (χ2n) is 2.43. The van der Waals surface area contributed by atoms with E-state index in [1.165, 1.54) is 0 Å². The van der Waals surface area contributed by atoms with Gasteiger partial charge in [-0.3, -0.25) is 9.78 Å². The topological polar surface area (TPSA) is 30.0 Å². The summed E-state index contributed by atoms with van der Waals surface area (Å²) in [4.78, 5) is 16.2. The lowest BCUT2D eigenvalue weighted by molar-refractivity contribution is -0.117. The Labute approximate surface area is 80.4 Å². The van der Waals surface area contributed by atoms with Crippen LogP contribution in [0, 0.1) is 0 Å². The summed E-state index contributed by atoms with van der Waals surface area (Å²) in [6.45, 7) is 0. The normalized spacial score (nSPS) is 10.1. The zero-order valence-electron chi connectivity index (χ0n) is 6.95. The van der Waals surface area contributed by atoms with Crippen LogP contribution in [0.5, 0.6) is 0 Å². The first-order chi connectivity index (χ1) is 5.83. The van der Waals surface area contributed by atoms with E-state index >= 15 is 0 Å². The van der Waals surface area contributed by atoms with Gasteiger partial charge in [-0.2, -0.15) is 11.8 Å². The first-order valence-electron chi connectivity index (χ1n) is 3.71. The Morgan fingerprint density at radius 2 is 2.58 bits per heavy atom. The molecule has 1 aromatic heterocycles. The maximum atomic E-state index is 11.2. The number of Topliss-reactive ketones (excluding diaryl/α,β-unsaturated/α-hetero) is 1. The molecule has 66 valence electrons. The second-order valence-corrected chi connectivity index (χ2v) is 4.38. The highest BCUT2D eigenvalue weighted by atomic mass is 32.2. The Morgan fingerprint density at radius 3 is 3.17 bits per heavy atom. The fourth-order valence-corrected chi connectivity index (χ4v) is 1.88. The van der Waals surface area contributed by atoms with Crippen molar-refractivity contribution in [3.63, 3.8) is 0 Å². The number of thioether (sulfide) groups is 1. The molecule has 0 aromatic carbocycles. The van der Waals surface area contributed by atoms with Crippen LogP contribution in [-0.2, 0) is 11.2 Å². The van der Waals surface area contributed by atoms with E-state index in [0.29, 0.717) is 18.6 Å². The molecule has 1 heterocycles. The molecule has 2 nitrogen and oxygen atoms in total. The van der Waals surface area contributed by atoms with Crippen molar-refractivity contribution in [3.8, 4) is 0 Å². The Hall–Kier alpha value is -0.350. The number of hydrogen-bond donors (Lipinski definition) is 0. The lowest BCUT2D eigenvalue weighted by Crippen LogP contribution is -2.02. The summed E-state index contributed by atoms with van der Waals surface area (Å²) in [7, 11) is 0. The first kappa shape index (κ1) is 9.74. The minimum Gasteiger partial charge on any atom is -0.299 e. The summed E-state index contributed by atoms with van der Waals surface area (Å²) < 4.78 is 0. The molecule has 0 radical (unpaired) electrons. The van der Waals surface area contributed by atoms with Crippen molar-refractivity contribution in [1.29, 1.82) is 0 Å². The molecule has 0 unspecified atom stereocenters. The molecular formula is C8H11NOS2. The number of rotatable bonds is 5. The Morgan fingerprint density at radius 1 is 1.75 bits per heavy atom. The van der Waals surface area contributed by atoms with E-state index in [1.807, 2.05) is 6.26 Å². The highest BCUT2D eigenvalue weighted by Gasteiger charge is 2.03. The number of aromatic nitrogens is 1. The third-order valence-corrected chi connectivity index (χ3v) is 2.83. The molecule has 4 heteroatoms. The molecule has 0 aliphatic heterocycles. The van der Waals surface area contributed by atoms with Crippen LogP contribution < -0.4 is 0 Å². The third-order valence-electron chi connectivity index (χ3n) is 1.44. The fraction of sp³-hybridized carbons (Fsp3) is 0.500. The number of carbonyl (C=O) groups excluding carboxylic acids is 1. The lowest BCUT2D eigenvalue weighted by Gasteiger charge is -1.95. The molecule has 0 spiro atoms. The zero-order chi connectivity index (χ0) is 8.81. The minimum absolute atomic E-state index is 0.314. The molecule has 12 heavy (non-hydrogen) atoms. The molecule has 0 aliphatic rings. The van der Waals surface area contributed by atoms with Crippen LogP contribution in [-0.4, -0.2) is 22.8 Å². The standard InChI is InChI=1S/C8H11NOS2/c1-11-3-2-7(10)4-8-5-9-6-12-8/h5-6H,2-4H2,1H3. The van der Waals surface area contributed by atoms with E-state index in [9.17, 15) is 4.79 Å².